The molecule has 5 aromatic rings. The van der Waals surface area contributed by atoms with E-state index in [1.54, 1.807) is 6.20 Å². The first-order valence-electron chi connectivity index (χ1n) is 11.5. The number of hydrogen-bond acceptors (Lipinski definition) is 5. The van der Waals surface area contributed by atoms with Crippen molar-refractivity contribution in [1.82, 2.24) is 29.6 Å². The maximum atomic E-state index is 13.5. The van der Waals surface area contributed by atoms with E-state index in [2.05, 4.69) is 21.9 Å². The van der Waals surface area contributed by atoms with Crippen LogP contribution in [0.4, 0.5) is 0 Å². The molecule has 8 heteroatoms. The second-order valence-corrected chi connectivity index (χ2v) is 8.75. The molecule has 4 aromatic heterocycles. The zero-order valence-electron chi connectivity index (χ0n) is 20.1. The molecular weight excluding hydrogens is 428 g/mol. The summed E-state index contributed by atoms with van der Waals surface area (Å²) < 4.78 is 9.69. The standard InChI is InChI=1S/C26H28N6O2/c1-6-31-23-10-8-7-9-21(23)29-24(31)14-27-26(33)19-12-22(18-11-16(4)34-17(18)5)30-25-20(19)13-28-32(25)15(2)3/h7-13,15H,6,14H2,1-5H3,(H,27,33). The maximum absolute atomic E-state index is 13.5. The monoisotopic (exact) mass is 456 g/mol. The highest BCUT2D eigenvalue weighted by molar-refractivity contribution is 6.06. The van der Waals surface area contributed by atoms with Crippen LogP contribution in [0.25, 0.3) is 33.3 Å². The number of pyridine rings is 1. The van der Waals surface area contributed by atoms with Crippen molar-refractivity contribution in [2.45, 2.75) is 53.8 Å². The molecule has 0 saturated carbocycles. The molecule has 0 spiro atoms. The largest absolute Gasteiger partial charge is 0.466 e. The molecule has 0 atom stereocenters. The number of hydrogen-bond donors (Lipinski definition) is 1. The smallest absolute Gasteiger partial charge is 0.252 e. The summed E-state index contributed by atoms with van der Waals surface area (Å²) in [4.78, 5) is 23.1. The Labute approximate surface area is 197 Å². The van der Waals surface area contributed by atoms with Gasteiger partial charge in [-0.3, -0.25) is 4.79 Å². The van der Waals surface area contributed by atoms with Gasteiger partial charge in [0.2, 0.25) is 0 Å². The van der Waals surface area contributed by atoms with E-state index in [9.17, 15) is 4.79 Å². The number of rotatable bonds is 6. The van der Waals surface area contributed by atoms with Gasteiger partial charge in [-0.1, -0.05) is 12.1 Å². The Morgan fingerprint density at radius 2 is 1.94 bits per heavy atom. The minimum atomic E-state index is -0.190. The fourth-order valence-corrected chi connectivity index (χ4v) is 4.47. The predicted octanol–water partition coefficient (Wildman–Crippen LogP) is 5.19. The molecule has 1 amide bonds. The summed E-state index contributed by atoms with van der Waals surface area (Å²) in [5.41, 5.74) is 4.76. The number of amides is 1. The summed E-state index contributed by atoms with van der Waals surface area (Å²) in [6, 6.07) is 11.9. The maximum Gasteiger partial charge on any atom is 0.252 e. The number of nitrogens with zero attached hydrogens (tertiary/aromatic N) is 5. The summed E-state index contributed by atoms with van der Waals surface area (Å²) in [5.74, 6) is 2.20. The lowest BCUT2D eigenvalue weighted by Gasteiger charge is -2.11. The number of fused-ring (bicyclic) bond motifs is 2. The predicted molar refractivity (Wildman–Crippen MR) is 132 cm³/mol. The summed E-state index contributed by atoms with van der Waals surface area (Å²) in [6.45, 7) is 11.1. The van der Waals surface area contributed by atoms with E-state index < -0.39 is 0 Å². The fraction of sp³-hybridized carbons (Fsp3) is 0.308. The number of imidazole rings is 1. The first-order valence-corrected chi connectivity index (χ1v) is 11.5. The lowest BCUT2D eigenvalue weighted by molar-refractivity contribution is 0.0951. The first kappa shape index (κ1) is 21.9. The Balaban J connectivity index is 1.55. The van der Waals surface area contributed by atoms with Gasteiger partial charge in [0.1, 0.15) is 17.3 Å². The molecule has 0 bridgehead atoms. The fourth-order valence-electron chi connectivity index (χ4n) is 4.47. The van der Waals surface area contributed by atoms with E-state index in [0.29, 0.717) is 23.4 Å². The molecule has 0 aliphatic rings. The quantitative estimate of drug-likeness (QED) is 0.380. The van der Waals surface area contributed by atoms with Gasteiger partial charge in [-0.2, -0.15) is 5.10 Å². The Morgan fingerprint density at radius 1 is 1.15 bits per heavy atom. The van der Waals surface area contributed by atoms with Crippen molar-refractivity contribution >= 4 is 28.0 Å². The summed E-state index contributed by atoms with van der Waals surface area (Å²) in [6.07, 6.45) is 1.72. The van der Waals surface area contributed by atoms with Crippen LogP contribution in [0.3, 0.4) is 0 Å². The van der Waals surface area contributed by atoms with Crippen LogP contribution in [0, 0.1) is 13.8 Å². The van der Waals surface area contributed by atoms with E-state index in [0.717, 1.165) is 45.9 Å². The lowest BCUT2D eigenvalue weighted by Crippen LogP contribution is -2.25. The molecule has 5 rings (SSSR count). The summed E-state index contributed by atoms with van der Waals surface area (Å²) >= 11 is 0. The Bertz CT molecular complexity index is 1520. The van der Waals surface area contributed by atoms with Gasteiger partial charge in [0.05, 0.1) is 40.4 Å². The molecule has 0 radical (unpaired) electrons. The average Bonchev–Trinajstić information content (AvgIpc) is 3.50. The van der Waals surface area contributed by atoms with E-state index in [1.165, 1.54) is 0 Å². The van der Waals surface area contributed by atoms with Gasteiger partial charge < -0.3 is 14.3 Å². The van der Waals surface area contributed by atoms with E-state index in [-0.39, 0.29) is 11.9 Å². The third-order valence-corrected chi connectivity index (χ3v) is 6.07. The molecule has 1 aromatic carbocycles. The zero-order valence-corrected chi connectivity index (χ0v) is 20.1. The van der Waals surface area contributed by atoms with Crippen LogP contribution in [0.15, 0.2) is 47.0 Å². The number of aryl methyl sites for hydroxylation is 3. The highest BCUT2D eigenvalue weighted by Crippen LogP contribution is 2.30. The molecule has 4 heterocycles. The Kier molecular flexibility index (Phi) is 5.43. The highest BCUT2D eigenvalue weighted by Gasteiger charge is 2.21. The normalized spacial score (nSPS) is 11.7. The topological polar surface area (TPSA) is 90.8 Å². The number of aromatic nitrogens is 5. The van der Waals surface area contributed by atoms with Crippen LogP contribution >= 0.6 is 0 Å². The molecular formula is C26H28N6O2. The SMILES string of the molecule is CCn1c(CNC(=O)c2cc(-c3cc(C)oc3C)nc3c2cnn3C(C)C)nc2ccccc21. The van der Waals surface area contributed by atoms with Crippen LogP contribution in [-0.4, -0.2) is 30.2 Å². The van der Waals surface area contributed by atoms with Crippen LogP contribution in [-0.2, 0) is 13.1 Å². The Morgan fingerprint density at radius 3 is 2.65 bits per heavy atom. The number of carbonyl (C=O) groups excluding carboxylic acids is 1. The molecule has 0 aliphatic carbocycles. The van der Waals surface area contributed by atoms with Crippen molar-refractivity contribution in [2.24, 2.45) is 0 Å². The van der Waals surface area contributed by atoms with Gasteiger partial charge in [-0.05, 0) is 58.9 Å². The van der Waals surface area contributed by atoms with Crippen molar-refractivity contribution < 1.29 is 9.21 Å². The van der Waals surface area contributed by atoms with Crippen molar-refractivity contribution in [1.29, 1.82) is 0 Å². The summed E-state index contributed by atoms with van der Waals surface area (Å²) in [5, 5.41) is 8.30. The minimum absolute atomic E-state index is 0.104. The van der Waals surface area contributed by atoms with Gasteiger partial charge in [0.15, 0.2) is 5.65 Å². The van der Waals surface area contributed by atoms with Crippen LogP contribution in [0.5, 0.6) is 0 Å². The number of nitrogens with one attached hydrogen (secondary N) is 1. The van der Waals surface area contributed by atoms with E-state index in [1.807, 2.05) is 68.8 Å². The van der Waals surface area contributed by atoms with E-state index >= 15 is 0 Å². The molecule has 174 valence electrons. The van der Waals surface area contributed by atoms with Crippen LogP contribution in [0.1, 0.15) is 54.5 Å². The summed E-state index contributed by atoms with van der Waals surface area (Å²) in [7, 11) is 0. The lowest BCUT2D eigenvalue weighted by atomic mass is 10.1. The third kappa shape index (κ3) is 3.65. The molecule has 0 saturated heterocycles. The molecule has 34 heavy (non-hydrogen) atoms. The second-order valence-electron chi connectivity index (χ2n) is 8.75. The van der Waals surface area contributed by atoms with Crippen molar-refractivity contribution in [3.8, 4) is 11.3 Å². The number of para-hydroxylation sites is 2. The highest BCUT2D eigenvalue weighted by atomic mass is 16.3. The zero-order chi connectivity index (χ0) is 24.0. The van der Waals surface area contributed by atoms with E-state index in [4.69, 9.17) is 14.4 Å². The molecule has 0 unspecified atom stereocenters. The van der Waals surface area contributed by atoms with Crippen molar-refractivity contribution in [2.75, 3.05) is 0 Å². The van der Waals surface area contributed by atoms with Gasteiger partial charge in [0, 0.05) is 18.2 Å². The van der Waals surface area contributed by atoms with Gasteiger partial charge in [0.25, 0.3) is 5.91 Å². The van der Waals surface area contributed by atoms with Crippen LogP contribution in [0.2, 0.25) is 0 Å². The minimum Gasteiger partial charge on any atom is -0.466 e. The van der Waals surface area contributed by atoms with Gasteiger partial charge in [-0.15, -0.1) is 0 Å². The number of carbonyl (C=O) groups is 1. The van der Waals surface area contributed by atoms with Gasteiger partial charge in [-0.25, -0.2) is 14.6 Å². The molecule has 0 fully saturated rings. The number of furan rings is 1. The number of benzene rings is 1. The molecule has 8 nitrogen and oxygen atoms in total. The van der Waals surface area contributed by atoms with Gasteiger partial charge >= 0.3 is 0 Å². The third-order valence-electron chi connectivity index (χ3n) is 6.07. The van der Waals surface area contributed by atoms with Crippen molar-refractivity contribution in [3.63, 3.8) is 0 Å². The second kappa shape index (κ2) is 8.44. The molecule has 0 aliphatic heterocycles. The Hall–Kier alpha value is -3.94. The first-order chi connectivity index (χ1) is 16.4. The van der Waals surface area contributed by atoms with Crippen molar-refractivity contribution in [3.05, 3.63) is 65.5 Å². The molecule has 1 N–H and O–H groups in total. The average molecular weight is 457 g/mol. The van der Waals surface area contributed by atoms with Crippen LogP contribution < -0.4 is 5.32 Å².